The Hall–Kier alpha value is -4.21. The number of rotatable bonds is 8. The zero-order valence-corrected chi connectivity index (χ0v) is 20.1. The lowest BCUT2D eigenvalue weighted by Crippen LogP contribution is -2.38. The van der Waals surface area contributed by atoms with Gasteiger partial charge >= 0.3 is 0 Å². The summed E-state index contributed by atoms with van der Waals surface area (Å²) in [6.45, 7) is 2.19. The molecule has 0 spiro atoms. The molecule has 4 aromatic rings. The first-order valence-electron chi connectivity index (χ1n) is 12.4. The molecule has 10 nitrogen and oxygen atoms in total. The van der Waals surface area contributed by atoms with Gasteiger partial charge in [0.05, 0.1) is 6.04 Å². The van der Waals surface area contributed by atoms with Gasteiger partial charge in [-0.25, -0.2) is 4.52 Å². The average molecular weight is 485 g/mol. The molecule has 3 aromatic heterocycles. The highest BCUT2D eigenvalue weighted by molar-refractivity contribution is 5.90. The van der Waals surface area contributed by atoms with Gasteiger partial charge in [-0.2, -0.15) is 10.1 Å². The SMILES string of the molecule is CC(=O)Nc1ccc(CC(=O)[C@@H]2CCCN2c2nc(Nc3cc(C4CC4)[nH]n3)c3cccn3n2)cc1. The number of hydrogen-bond donors (Lipinski definition) is 3. The van der Waals surface area contributed by atoms with Gasteiger partial charge in [0.2, 0.25) is 11.9 Å². The Bertz CT molecular complexity index is 1420. The molecule has 10 heteroatoms. The van der Waals surface area contributed by atoms with E-state index in [1.807, 2.05) is 53.6 Å². The maximum atomic E-state index is 13.3. The van der Waals surface area contributed by atoms with Crippen molar-refractivity contribution in [3.63, 3.8) is 0 Å². The molecule has 184 valence electrons. The second-order valence-corrected chi connectivity index (χ2v) is 9.58. The van der Waals surface area contributed by atoms with Crippen LogP contribution in [-0.2, 0) is 16.0 Å². The number of hydrogen-bond acceptors (Lipinski definition) is 7. The number of fused-ring (bicyclic) bond motifs is 1. The van der Waals surface area contributed by atoms with E-state index in [0.29, 0.717) is 24.1 Å². The van der Waals surface area contributed by atoms with Crippen molar-refractivity contribution in [3.05, 3.63) is 59.9 Å². The number of H-pyrrole nitrogens is 1. The molecule has 1 aromatic carbocycles. The van der Waals surface area contributed by atoms with Crippen LogP contribution in [0.25, 0.3) is 5.52 Å². The van der Waals surface area contributed by atoms with Gasteiger partial charge in [-0.1, -0.05) is 12.1 Å². The zero-order chi connectivity index (χ0) is 24.6. The molecule has 2 fully saturated rings. The maximum Gasteiger partial charge on any atom is 0.246 e. The molecule has 1 amide bonds. The fourth-order valence-electron chi connectivity index (χ4n) is 4.83. The Morgan fingerprint density at radius 2 is 1.97 bits per heavy atom. The van der Waals surface area contributed by atoms with E-state index in [-0.39, 0.29) is 17.7 Å². The predicted octanol–water partition coefficient (Wildman–Crippen LogP) is 3.81. The van der Waals surface area contributed by atoms with Gasteiger partial charge in [0.15, 0.2) is 17.4 Å². The van der Waals surface area contributed by atoms with E-state index in [1.165, 1.54) is 19.8 Å². The highest BCUT2D eigenvalue weighted by atomic mass is 16.1. The Labute approximate surface area is 208 Å². The highest BCUT2D eigenvalue weighted by Gasteiger charge is 2.33. The van der Waals surface area contributed by atoms with E-state index in [1.54, 1.807) is 4.52 Å². The summed E-state index contributed by atoms with van der Waals surface area (Å²) in [5, 5.41) is 18.3. The summed E-state index contributed by atoms with van der Waals surface area (Å²) in [7, 11) is 0. The first kappa shape index (κ1) is 22.3. The molecular weight excluding hydrogens is 456 g/mol. The first-order valence-corrected chi connectivity index (χ1v) is 12.4. The van der Waals surface area contributed by atoms with E-state index < -0.39 is 0 Å². The quantitative estimate of drug-likeness (QED) is 0.348. The molecule has 0 bridgehead atoms. The van der Waals surface area contributed by atoms with Gasteiger partial charge in [0.1, 0.15) is 5.52 Å². The third kappa shape index (κ3) is 4.53. The average Bonchev–Trinajstić information content (AvgIpc) is 3.25. The molecule has 6 rings (SSSR count). The lowest BCUT2D eigenvalue weighted by Gasteiger charge is -2.24. The molecule has 0 unspecified atom stereocenters. The number of aromatic amines is 1. The lowest BCUT2D eigenvalue weighted by atomic mass is 10.0. The van der Waals surface area contributed by atoms with Crippen LogP contribution in [0.2, 0.25) is 0 Å². The first-order chi connectivity index (χ1) is 17.5. The van der Waals surface area contributed by atoms with Gasteiger partial charge in [0.25, 0.3) is 0 Å². The van der Waals surface area contributed by atoms with Crippen molar-refractivity contribution < 1.29 is 9.59 Å². The summed E-state index contributed by atoms with van der Waals surface area (Å²) >= 11 is 0. The number of nitrogens with one attached hydrogen (secondary N) is 3. The van der Waals surface area contributed by atoms with Crippen molar-refractivity contribution in [3.8, 4) is 0 Å². The van der Waals surface area contributed by atoms with Crippen LogP contribution in [0.5, 0.6) is 0 Å². The Kier molecular flexibility index (Phi) is 5.63. The van der Waals surface area contributed by atoms with Crippen molar-refractivity contribution in [2.45, 2.75) is 51.0 Å². The molecular formula is C26H28N8O2. The van der Waals surface area contributed by atoms with Crippen LogP contribution < -0.4 is 15.5 Å². The van der Waals surface area contributed by atoms with Crippen LogP contribution in [0.3, 0.4) is 0 Å². The second-order valence-electron chi connectivity index (χ2n) is 9.58. The third-order valence-electron chi connectivity index (χ3n) is 6.78. The normalized spacial score (nSPS) is 17.5. The molecule has 36 heavy (non-hydrogen) atoms. The number of carbonyl (C=O) groups is 2. The fraction of sp³-hybridized carbons (Fsp3) is 0.346. The number of benzene rings is 1. The van der Waals surface area contributed by atoms with E-state index in [4.69, 9.17) is 10.1 Å². The number of anilines is 4. The summed E-state index contributed by atoms with van der Waals surface area (Å²) in [5.74, 6) is 2.50. The molecule has 1 saturated heterocycles. The minimum absolute atomic E-state index is 0.121. The minimum Gasteiger partial charge on any atom is -0.329 e. The van der Waals surface area contributed by atoms with Crippen molar-refractivity contribution in [2.75, 3.05) is 22.1 Å². The van der Waals surface area contributed by atoms with Gasteiger partial charge in [-0.15, -0.1) is 5.10 Å². The molecule has 4 heterocycles. The van der Waals surface area contributed by atoms with Crippen molar-refractivity contribution >= 4 is 40.5 Å². The second kappa shape index (κ2) is 9.10. The van der Waals surface area contributed by atoms with Gasteiger partial charge in [0, 0.05) is 49.5 Å². The Morgan fingerprint density at radius 3 is 2.75 bits per heavy atom. The van der Waals surface area contributed by atoms with Crippen LogP contribution in [0, 0.1) is 0 Å². The predicted molar refractivity (Wildman–Crippen MR) is 137 cm³/mol. The molecule has 1 saturated carbocycles. The minimum atomic E-state index is -0.285. The van der Waals surface area contributed by atoms with Crippen molar-refractivity contribution in [2.24, 2.45) is 0 Å². The molecule has 1 atom stereocenters. The van der Waals surface area contributed by atoms with Crippen LogP contribution in [0.1, 0.15) is 49.8 Å². The fourth-order valence-corrected chi connectivity index (χ4v) is 4.83. The van der Waals surface area contributed by atoms with E-state index in [9.17, 15) is 9.59 Å². The zero-order valence-electron chi connectivity index (χ0n) is 20.1. The Balaban J connectivity index is 1.22. The van der Waals surface area contributed by atoms with Crippen molar-refractivity contribution in [1.82, 2.24) is 24.8 Å². The van der Waals surface area contributed by atoms with Gasteiger partial charge in [-0.3, -0.25) is 14.7 Å². The van der Waals surface area contributed by atoms with Crippen LogP contribution in [0.15, 0.2) is 48.7 Å². The standard InChI is InChI=1S/C26H28N8O2/c1-16(35)27-19-10-6-17(7-11-19)14-23(36)21-4-2-12-33(21)26-29-25(22-5-3-13-34(22)32-26)28-24-15-20(30-31-24)18-8-9-18/h3,5-7,10-11,13,15,18,21H,2,4,8-9,12,14H2,1H3,(H,27,35)(H2,28,29,30,31,32)/t21-/m0/s1. The molecule has 3 N–H and O–H groups in total. The number of ketones is 1. The third-order valence-corrected chi connectivity index (χ3v) is 6.78. The number of carbonyl (C=O) groups excluding carboxylic acids is 2. The highest BCUT2D eigenvalue weighted by Crippen LogP contribution is 2.39. The Morgan fingerprint density at radius 1 is 1.14 bits per heavy atom. The topological polar surface area (TPSA) is 120 Å². The summed E-state index contributed by atoms with van der Waals surface area (Å²) in [5.41, 5.74) is 3.62. The number of nitrogens with zero attached hydrogens (tertiary/aromatic N) is 5. The monoisotopic (exact) mass is 484 g/mol. The summed E-state index contributed by atoms with van der Waals surface area (Å²) < 4.78 is 1.79. The van der Waals surface area contributed by atoms with Crippen LogP contribution in [-0.4, -0.2) is 49.1 Å². The van der Waals surface area contributed by atoms with E-state index in [2.05, 4.69) is 20.8 Å². The number of aromatic nitrogens is 5. The molecule has 2 aliphatic rings. The van der Waals surface area contributed by atoms with E-state index in [0.717, 1.165) is 47.7 Å². The van der Waals surface area contributed by atoms with Crippen LogP contribution >= 0.6 is 0 Å². The lowest BCUT2D eigenvalue weighted by molar-refractivity contribution is -0.119. The summed E-state index contributed by atoms with van der Waals surface area (Å²) in [6, 6.07) is 13.0. The number of Topliss-reactive ketones (excluding diaryl/α,β-unsaturated/α-hetero) is 1. The number of amides is 1. The summed E-state index contributed by atoms with van der Waals surface area (Å²) in [6.07, 6.45) is 6.27. The smallest absolute Gasteiger partial charge is 0.246 e. The molecule has 1 aliphatic heterocycles. The largest absolute Gasteiger partial charge is 0.329 e. The van der Waals surface area contributed by atoms with Gasteiger partial charge in [-0.05, 0) is 55.5 Å². The molecule has 1 aliphatic carbocycles. The van der Waals surface area contributed by atoms with E-state index >= 15 is 0 Å². The maximum absolute atomic E-state index is 13.3. The molecule has 0 radical (unpaired) electrons. The van der Waals surface area contributed by atoms with Crippen LogP contribution in [0.4, 0.5) is 23.3 Å². The van der Waals surface area contributed by atoms with Crippen molar-refractivity contribution in [1.29, 1.82) is 0 Å². The summed E-state index contributed by atoms with van der Waals surface area (Å²) in [4.78, 5) is 31.4. The van der Waals surface area contributed by atoms with Gasteiger partial charge < -0.3 is 15.5 Å².